The summed E-state index contributed by atoms with van der Waals surface area (Å²) < 4.78 is 1.07. The summed E-state index contributed by atoms with van der Waals surface area (Å²) in [6, 6.07) is 6.35. The number of aromatic nitrogens is 1. The van der Waals surface area contributed by atoms with Crippen molar-refractivity contribution in [2.45, 2.75) is 39.3 Å². The Balaban J connectivity index is 1.55. The lowest BCUT2D eigenvalue weighted by Gasteiger charge is -2.26. The number of carbonyl (C=O) groups is 1. The minimum Gasteiger partial charge on any atom is -0.326 e. The molecule has 0 bridgehead atoms. The predicted octanol–water partition coefficient (Wildman–Crippen LogP) is 3.04. The summed E-state index contributed by atoms with van der Waals surface area (Å²) in [6.45, 7) is 7.33. The maximum Gasteiger partial charge on any atom is 0.321 e. The van der Waals surface area contributed by atoms with Crippen LogP contribution in [0.15, 0.2) is 23.7 Å². The summed E-state index contributed by atoms with van der Waals surface area (Å²) in [5.74, 6) is 0. The van der Waals surface area contributed by atoms with Crippen LogP contribution in [0.5, 0.6) is 0 Å². The van der Waals surface area contributed by atoms with Crippen molar-refractivity contribution in [3.63, 3.8) is 0 Å². The fourth-order valence-electron chi connectivity index (χ4n) is 2.88. The van der Waals surface area contributed by atoms with Gasteiger partial charge in [0.2, 0.25) is 0 Å². The Morgan fingerprint density at radius 1 is 1.42 bits per heavy atom. The second kappa shape index (κ2) is 6.66. The number of nitrogens with one attached hydrogen (secondary N) is 3. The quantitative estimate of drug-likeness (QED) is 0.798. The number of anilines is 1. The first-order valence-corrected chi connectivity index (χ1v) is 9.07. The molecule has 130 valence electrons. The Bertz CT molecular complexity index is 723. The van der Waals surface area contributed by atoms with Crippen molar-refractivity contribution in [3.8, 4) is 0 Å². The maximum atomic E-state index is 12.4. The number of rotatable bonds is 3. The van der Waals surface area contributed by atoms with Crippen molar-refractivity contribution in [1.82, 2.24) is 20.7 Å². The molecule has 0 radical (unpaired) electrons. The van der Waals surface area contributed by atoms with Crippen LogP contribution in [-0.2, 0) is 0 Å². The van der Waals surface area contributed by atoms with Crippen LogP contribution in [0.3, 0.4) is 0 Å². The molecule has 2 heterocycles. The summed E-state index contributed by atoms with van der Waals surface area (Å²) in [5, 5.41) is 2.96. The molecule has 0 saturated carbocycles. The molecule has 3 N–H and O–H groups in total. The molecule has 1 aliphatic rings. The molecule has 1 saturated heterocycles. The molecule has 2 aromatic rings. The number of hydrogen-bond acceptors (Lipinski definition) is 5. The minimum atomic E-state index is -0.0973. The Labute approximate surface area is 146 Å². The van der Waals surface area contributed by atoms with E-state index in [4.69, 9.17) is 0 Å². The number of thiazole rings is 1. The van der Waals surface area contributed by atoms with E-state index in [-0.39, 0.29) is 17.5 Å². The molecule has 0 spiro atoms. The number of carbonyl (C=O) groups excluding carboxylic acids is 1. The van der Waals surface area contributed by atoms with Gasteiger partial charge in [-0.15, -0.1) is 11.3 Å². The smallest absolute Gasteiger partial charge is 0.321 e. The number of benzene rings is 1. The predicted molar refractivity (Wildman–Crippen MR) is 99.2 cm³/mol. The second-order valence-corrected chi connectivity index (χ2v) is 8.37. The minimum absolute atomic E-state index is 0.0973. The Hall–Kier alpha value is -1.70. The van der Waals surface area contributed by atoms with Crippen molar-refractivity contribution in [2.75, 3.05) is 18.9 Å². The summed E-state index contributed by atoms with van der Waals surface area (Å²) in [6.07, 6.45) is 1.01. The summed E-state index contributed by atoms with van der Waals surface area (Å²) in [7, 11) is 1.83. The third-order valence-corrected chi connectivity index (χ3v) is 5.24. The summed E-state index contributed by atoms with van der Waals surface area (Å²) >= 11 is 1.57. The fraction of sp³-hybridized carbons (Fsp3) is 0.529. The van der Waals surface area contributed by atoms with E-state index < -0.39 is 0 Å². The molecule has 1 fully saturated rings. The molecule has 2 atom stereocenters. The zero-order valence-corrected chi connectivity index (χ0v) is 15.4. The van der Waals surface area contributed by atoms with E-state index in [2.05, 4.69) is 41.9 Å². The van der Waals surface area contributed by atoms with Gasteiger partial charge in [0.05, 0.1) is 15.7 Å². The largest absolute Gasteiger partial charge is 0.326 e. The molecule has 24 heavy (non-hydrogen) atoms. The van der Waals surface area contributed by atoms with Crippen LogP contribution in [0.2, 0.25) is 0 Å². The Morgan fingerprint density at radius 2 is 2.21 bits per heavy atom. The highest BCUT2D eigenvalue weighted by Crippen LogP contribution is 2.25. The SMILES string of the molecule is CN(CC1CC(C(C)(C)C)NN1)C(=O)Nc1ccc2ncsc2c1. The number of likely N-dealkylation sites (N-methyl/N-ethyl adjacent to an activating group) is 1. The molecule has 2 amide bonds. The number of hydrogen-bond donors (Lipinski definition) is 3. The van der Waals surface area contributed by atoms with Crippen LogP contribution in [0, 0.1) is 5.41 Å². The van der Waals surface area contributed by atoms with Crippen LogP contribution in [0.1, 0.15) is 27.2 Å². The lowest BCUT2D eigenvalue weighted by Crippen LogP contribution is -2.43. The van der Waals surface area contributed by atoms with Crippen LogP contribution in [0.4, 0.5) is 10.5 Å². The number of hydrazine groups is 1. The first-order chi connectivity index (χ1) is 11.3. The highest BCUT2D eigenvalue weighted by Gasteiger charge is 2.33. The van der Waals surface area contributed by atoms with Crippen LogP contribution in [-0.4, -0.2) is 41.6 Å². The van der Waals surface area contributed by atoms with Gasteiger partial charge in [0.1, 0.15) is 0 Å². The lowest BCUT2D eigenvalue weighted by molar-refractivity contribution is 0.217. The van der Waals surface area contributed by atoms with Crippen LogP contribution in [0.25, 0.3) is 10.2 Å². The standard InChI is InChI=1S/C17H25N5OS/c1-17(2,3)15-8-12(20-21-15)9-22(4)16(23)19-11-5-6-13-14(7-11)24-10-18-13/h5-7,10,12,15,20-21H,8-9H2,1-4H3,(H,19,23). The average Bonchev–Trinajstić information content (AvgIpc) is 3.14. The van der Waals surface area contributed by atoms with Crippen molar-refractivity contribution < 1.29 is 4.79 Å². The van der Waals surface area contributed by atoms with Crippen molar-refractivity contribution in [2.24, 2.45) is 5.41 Å². The van der Waals surface area contributed by atoms with Gasteiger partial charge in [-0.1, -0.05) is 20.8 Å². The first kappa shape index (κ1) is 17.1. The topological polar surface area (TPSA) is 69.3 Å². The van der Waals surface area contributed by atoms with E-state index in [9.17, 15) is 4.79 Å². The maximum absolute atomic E-state index is 12.4. The number of urea groups is 1. The van der Waals surface area contributed by atoms with Crippen LogP contribution >= 0.6 is 11.3 Å². The van der Waals surface area contributed by atoms with E-state index in [0.717, 1.165) is 22.3 Å². The highest BCUT2D eigenvalue weighted by atomic mass is 32.1. The number of fused-ring (bicyclic) bond motifs is 1. The van der Waals surface area contributed by atoms with Crippen molar-refractivity contribution in [1.29, 1.82) is 0 Å². The van der Waals surface area contributed by atoms with Gasteiger partial charge in [0, 0.05) is 31.4 Å². The summed E-state index contributed by atoms with van der Waals surface area (Å²) in [4.78, 5) is 18.4. The van der Waals surface area contributed by atoms with E-state index in [1.165, 1.54) is 0 Å². The molecule has 6 nitrogen and oxygen atoms in total. The third-order valence-electron chi connectivity index (χ3n) is 4.45. The zero-order valence-electron chi connectivity index (χ0n) is 14.6. The molecule has 1 aromatic carbocycles. The molecule has 3 rings (SSSR count). The van der Waals surface area contributed by atoms with Crippen molar-refractivity contribution >= 4 is 33.3 Å². The number of nitrogens with zero attached hydrogens (tertiary/aromatic N) is 2. The second-order valence-electron chi connectivity index (χ2n) is 7.49. The van der Waals surface area contributed by atoms with Gasteiger partial charge in [-0.25, -0.2) is 9.78 Å². The van der Waals surface area contributed by atoms with Gasteiger partial charge >= 0.3 is 6.03 Å². The molecule has 0 aliphatic carbocycles. The van der Waals surface area contributed by atoms with E-state index >= 15 is 0 Å². The Morgan fingerprint density at radius 3 is 2.92 bits per heavy atom. The Kier molecular flexibility index (Phi) is 4.76. The first-order valence-electron chi connectivity index (χ1n) is 8.19. The van der Waals surface area contributed by atoms with E-state index in [1.54, 1.807) is 16.2 Å². The van der Waals surface area contributed by atoms with Crippen molar-refractivity contribution in [3.05, 3.63) is 23.7 Å². The van der Waals surface area contributed by atoms with Gasteiger partial charge in [0.25, 0.3) is 0 Å². The molecule has 1 aliphatic heterocycles. The number of amides is 2. The fourth-order valence-corrected chi connectivity index (χ4v) is 3.59. The monoisotopic (exact) mass is 347 g/mol. The molecular formula is C17H25N5OS. The average molecular weight is 347 g/mol. The van der Waals surface area contributed by atoms with Gasteiger partial charge in [-0.2, -0.15) is 0 Å². The lowest BCUT2D eigenvalue weighted by atomic mass is 9.84. The third kappa shape index (κ3) is 3.85. The normalized spacial score (nSPS) is 21.2. The summed E-state index contributed by atoms with van der Waals surface area (Å²) in [5.41, 5.74) is 10.4. The van der Waals surface area contributed by atoms with Crippen LogP contribution < -0.4 is 16.2 Å². The molecular weight excluding hydrogens is 322 g/mol. The van der Waals surface area contributed by atoms with Gasteiger partial charge < -0.3 is 10.2 Å². The highest BCUT2D eigenvalue weighted by molar-refractivity contribution is 7.16. The van der Waals surface area contributed by atoms with Gasteiger partial charge in [-0.3, -0.25) is 10.9 Å². The van der Waals surface area contributed by atoms with E-state index in [1.807, 2.05) is 30.8 Å². The molecule has 2 unspecified atom stereocenters. The molecule has 1 aromatic heterocycles. The molecule has 7 heteroatoms. The zero-order chi connectivity index (χ0) is 17.3. The van der Waals surface area contributed by atoms with Gasteiger partial charge in [0.15, 0.2) is 0 Å². The van der Waals surface area contributed by atoms with Gasteiger partial charge in [-0.05, 0) is 30.0 Å². The van der Waals surface area contributed by atoms with E-state index in [0.29, 0.717) is 12.6 Å².